The molecular weight excluding hydrogens is 229 g/mol. The molecule has 1 N–H and O–H groups in total. The molecule has 1 unspecified atom stereocenters. The van der Waals surface area contributed by atoms with E-state index in [9.17, 15) is 4.39 Å². The average molecular weight is 251 g/mol. The molecule has 1 aliphatic rings. The van der Waals surface area contributed by atoms with Gasteiger partial charge in [-0.15, -0.1) is 0 Å². The Kier molecular flexibility index (Phi) is 5.08. The Hall–Kier alpha value is -1.00. The van der Waals surface area contributed by atoms with Gasteiger partial charge in [0.1, 0.15) is 5.82 Å². The molecule has 0 amide bonds. The molecule has 0 radical (unpaired) electrons. The van der Waals surface area contributed by atoms with Crippen LogP contribution in [0.4, 0.5) is 4.39 Å². The van der Waals surface area contributed by atoms with E-state index in [4.69, 9.17) is 0 Å². The summed E-state index contributed by atoms with van der Waals surface area (Å²) in [5.74, 6) is -0.266. The van der Waals surface area contributed by atoms with Crippen molar-refractivity contribution in [2.45, 2.75) is 38.8 Å². The standard InChI is InChI=1S/C14H22FN3/c1-12(11-18-5-3-2-4-6-18)17-9-13-7-14(15)10-16-8-13/h7-8,10,12,17H,2-6,9,11H2,1H3. The van der Waals surface area contributed by atoms with Gasteiger partial charge in [-0.1, -0.05) is 6.42 Å². The third kappa shape index (κ3) is 4.35. The number of piperidine rings is 1. The summed E-state index contributed by atoms with van der Waals surface area (Å²) in [7, 11) is 0. The molecule has 3 nitrogen and oxygen atoms in total. The van der Waals surface area contributed by atoms with Gasteiger partial charge in [-0.3, -0.25) is 4.98 Å². The van der Waals surface area contributed by atoms with Gasteiger partial charge in [0.2, 0.25) is 0 Å². The summed E-state index contributed by atoms with van der Waals surface area (Å²) in [6.45, 7) is 6.37. The van der Waals surface area contributed by atoms with Gasteiger partial charge in [0.25, 0.3) is 0 Å². The van der Waals surface area contributed by atoms with E-state index in [2.05, 4.69) is 22.1 Å². The van der Waals surface area contributed by atoms with Gasteiger partial charge in [0, 0.05) is 25.3 Å². The molecule has 4 heteroatoms. The molecule has 0 saturated carbocycles. The first-order chi connectivity index (χ1) is 8.74. The second-order valence-electron chi connectivity index (χ2n) is 5.15. The number of halogens is 1. The van der Waals surface area contributed by atoms with Gasteiger partial charge in [-0.25, -0.2) is 4.39 Å². The minimum atomic E-state index is -0.266. The highest BCUT2D eigenvalue weighted by molar-refractivity contribution is 5.09. The van der Waals surface area contributed by atoms with Crippen LogP contribution in [0.5, 0.6) is 0 Å². The van der Waals surface area contributed by atoms with E-state index in [1.54, 1.807) is 6.20 Å². The molecule has 2 rings (SSSR count). The molecular formula is C14H22FN3. The lowest BCUT2D eigenvalue weighted by atomic mass is 10.1. The van der Waals surface area contributed by atoms with E-state index < -0.39 is 0 Å². The van der Waals surface area contributed by atoms with Gasteiger partial charge >= 0.3 is 0 Å². The van der Waals surface area contributed by atoms with E-state index in [0.29, 0.717) is 12.6 Å². The fourth-order valence-corrected chi connectivity index (χ4v) is 2.44. The van der Waals surface area contributed by atoms with Gasteiger partial charge in [0.15, 0.2) is 0 Å². The minimum Gasteiger partial charge on any atom is -0.309 e. The summed E-state index contributed by atoms with van der Waals surface area (Å²) >= 11 is 0. The summed E-state index contributed by atoms with van der Waals surface area (Å²) < 4.78 is 13.0. The van der Waals surface area contributed by atoms with Crippen LogP contribution in [0.2, 0.25) is 0 Å². The Morgan fingerprint density at radius 2 is 2.11 bits per heavy atom. The molecule has 1 atom stereocenters. The van der Waals surface area contributed by atoms with E-state index in [1.165, 1.54) is 44.6 Å². The molecule has 0 aliphatic carbocycles. The van der Waals surface area contributed by atoms with E-state index >= 15 is 0 Å². The maximum absolute atomic E-state index is 13.0. The normalized spacial score (nSPS) is 18.8. The summed E-state index contributed by atoms with van der Waals surface area (Å²) in [6.07, 6.45) is 6.96. The van der Waals surface area contributed by atoms with Crippen LogP contribution in [0.3, 0.4) is 0 Å². The van der Waals surface area contributed by atoms with Crippen LogP contribution < -0.4 is 5.32 Å². The lowest BCUT2D eigenvalue weighted by Gasteiger charge is -2.29. The molecule has 1 aliphatic heterocycles. The van der Waals surface area contributed by atoms with Gasteiger partial charge in [-0.05, 0) is 44.5 Å². The van der Waals surface area contributed by atoms with Crippen molar-refractivity contribution in [2.75, 3.05) is 19.6 Å². The first kappa shape index (κ1) is 13.4. The second-order valence-corrected chi connectivity index (χ2v) is 5.15. The fraction of sp³-hybridized carbons (Fsp3) is 0.643. The molecule has 0 aromatic carbocycles. The van der Waals surface area contributed by atoms with Crippen LogP contribution in [-0.2, 0) is 6.54 Å². The molecule has 1 aromatic heterocycles. The van der Waals surface area contributed by atoms with Gasteiger partial charge < -0.3 is 10.2 Å². The number of rotatable bonds is 5. The molecule has 1 saturated heterocycles. The maximum Gasteiger partial charge on any atom is 0.141 e. The van der Waals surface area contributed by atoms with Crippen LogP contribution in [-0.4, -0.2) is 35.6 Å². The van der Waals surface area contributed by atoms with Gasteiger partial charge in [0.05, 0.1) is 6.20 Å². The SMILES string of the molecule is CC(CN1CCCCC1)NCc1cncc(F)c1. The zero-order chi connectivity index (χ0) is 12.8. The maximum atomic E-state index is 13.0. The van der Waals surface area contributed by atoms with Crippen molar-refractivity contribution in [3.8, 4) is 0 Å². The molecule has 0 spiro atoms. The highest BCUT2D eigenvalue weighted by Gasteiger charge is 2.12. The number of aromatic nitrogens is 1. The second kappa shape index (κ2) is 6.81. The highest BCUT2D eigenvalue weighted by atomic mass is 19.1. The van der Waals surface area contributed by atoms with Crippen molar-refractivity contribution < 1.29 is 4.39 Å². The third-order valence-electron chi connectivity index (χ3n) is 3.40. The first-order valence-electron chi connectivity index (χ1n) is 6.79. The number of pyridine rings is 1. The van der Waals surface area contributed by atoms with Crippen LogP contribution in [0, 0.1) is 5.82 Å². The smallest absolute Gasteiger partial charge is 0.141 e. The largest absolute Gasteiger partial charge is 0.309 e. The molecule has 2 heterocycles. The average Bonchev–Trinajstić information content (AvgIpc) is 2.38. The summed E-state index contributed by atoms with van der Waals surface area (Å²) in [6, 6.07) is 1.96. The molecule has 18 heavy (non-hydrogen) atoms. The Morgan fingerprint density at radius 1 is 1.33 bits per heavy atom. The van der Waals surface area contributed by atoms with Crippen molar-refractivity contribution in [1.29, 1.82) is 0 Å². The van der Waals surface area contributed by atoms with E-state index in [1.807, 2.05) is 0 Å². The Balaban J connectivity index is 1.72. The first-order valence-corrected chi connectivity index (χ1v) is 6.79. The van der Waals surface area contributed by atoms with Crippen molar-refractivity contribution in [2.24, 2.45) is 0 Å². The van der Waals surface area contributed by atoms with Crippen LogP contribution >= 0.6 is 0 Å². The number of hydrogen-bond acceptors (Lipinski definition) is 3. The predicted molar refractivity (Wildman–Crippen MR) is 70.8 cm³/mol. The van der Waals surface area contributed by atoms with E-state index in [0.717, 1.165) is 12.1 Å². The van der Waals surface area contributed by atoms with Crippen molar-refractivity contribution in [3.05, 3.63) is 29.8 Å². The van der Waals surface area contributed by atoms with E-state index in [-0.39, 0.29) is 5.82 Å². The molecule has 1 fully saturated rings. The monoisotopic (exact) mass is 251 g/mol. The predicted octanol–water partition coefficient (Wildman–Crippen LogP) is 2.18. The summed E-state index contributed by atoms with van der Waals surface area (Å²) in [5, 5.41) is 3.43. The lowest BCUT2D eigenvalue weighted by molar-refractivity contribution is 0.209. The van der Waals surface area contributed by atoms with Crippen LogP contribution in [0.1, 0.15) is 31.7 Å². The number of hydrogen-bond donors (Lipinski definition) is 1. The van der Waals surface area contributed by atoms with Crippen molar-refractivity contribution >= 4 is 0 Å². The topological polar surface area (TPSA) is 28.2 Å². The summed E-state index contributed by atoms with van der Waals surface area (Å²) in [5.41, 5.74) is 0.903. The van der Waals surface area contributed by atoms with Crippen LogP contribution in [0.15, 0.2) is 18.5 Å². The Bertz CT molecular complexity index is 364. The number of nitrogens with one attached hydrogen (secondary N) is 1. The number of likely N-dealkylation sites (tertiary alicyclic amines) is 1. The molecule has 0 bridgehead atoms. The zero-order valence-electron chi connectivity index (χ0n) is 11.0. The highest BCUT2D eigenvalue weighted by Crippen LogP contribution is 2.09. The third-order valence-corrected chi connectivity index (χ3v) is 3.40. The quantitative estimate of drug-likeness (QED) is 0.869. The molecule has 100 valence electrons. The molecule has 1 aromatic rings. The Morgan fingerprint density at radius 3 is 2.83 bits per heavy atom. The zero-order valence-corrected chi connectivity index (χ0v) is 11.0. The number of nitrogens with zero attached hydrogens (tertiary/aromatic N) is 2. The van der Waals surface area contributed by atoms with Crippen LogP contribution in [0.25, 0.3) is 0 Å². The van der Waals surface area contributed by atoms with Gasteiger partial charge in [-0.2, -0.15) is 0 Å². The fourth-order valence-electron chi connectivity index (χ4n) is 2.44. The summed E-state index contributed by atoms with van der Waals surface area (Å²) in [4.78, 5) is 6.36. The Labute approximate surface area is 108 Å². The minimum absolute atomic E-state index is 0.266. The van der Waals surface area contributed by atoms with Crippen molar-refractivity contribution in [3.63, 3.8) is 0 Å². The lowest BCUT2D eigenvalue weighted by Crippen LogP contribution is -2.41. The van der Waals surface area contributed by atoms with Crippen molar-refractivity contribution in [1.82, 2.24) is 15.2 Å².